The van der Waals surface area contributed by atoms with Gasteiger partial charge in [-0.2, -0.15) is 0 Å². The molecule has 1 saturated carbocycles. The van der Waals surface area contributed by atoms with Crippen LogP contribution in [0, 0.1) is 11.3 Å². The van der Waals surface area contributed by atoms with Crippen molar-refractivity contribution in [3.05, 3.63) is 35.4 Å². The summed E-state index contributed by atoms with van der Waals surface area (Å²) >= 11 is 0. The SMILES string of the molecule is CC1CCCC(CN)(C2(O)Cc3ccccc3C2)C1. The van der Waals surface area contributed by atoms with Gasteiger partial charge in [0.2, 0.25) is 0 Å². The van der Waals surface area contributed by atoms with Crippen molar-refractivity contribution in [3.8, 4) is 0 Å². The molecule has 0 aliphatic heterocycles. The van der Waals surface area contributed by atoms with Gasteiger partial charge in [0.05, 0.1) is 5.60 Å². The molecule has 0 aromatic heterocycles. The summed E-state index contributed by atoms with van der Waals surface area (Å²) < 4.78 is 0. The number of hydrogen-bond donors (Lipinski definition) is 2. The highest BCUT2D eigenvalue weighted by Gasteiger charge is 2.53. The normalized spacial score (nSPS) is 33.1. The summed E-state index contributed by atoms with van der Waals surface area (Å²) in [5.74, 6) is 0.685. The summed E-state index contributed by atoms with van der Waals surface area (Å²) in [4.78, 5) is 0. The fourth-order valence-corrected chi connectivity index (χ4v) is 4.43. The molecule has 1 fully saturated rings. The van der Waals surface area contributed by atoms with E-state index in [0.29, 0.717) is 12.5 Å². The van der Waals surface area contributed by atoms with Crippen LogP contribution in [0.15, 0.2) is 24.3 Å². The summed E-state index contributed by atoms with van der Waals surface area (Å²) in [7, 11) is 0. The summed E-state index contributed by atoms with van der Waals surface area (Å²) in [6.07, 6.45) is 6.22. The van der Waals surface area contributed by atoms with Crippen molar-refractivity contribution >= 4 is 0 Å². The predicted molar refractivity (Wildman–Crippen MR) is 77.9 cm³/mol. The standard InChI is InChI=1S/C17H25NO/c1-13-5-4-8-16(9-13,12-18)17(19)10-14-6-2-3-7-15(14)11-17/h2-3,6-7,13,19H,4-5,8-12,18H2,1H3. The number of nitrogens with two attached hydrogens (primary N) is 1. The van der Waals surface area contributed by atoms with Gasteiger partial charge < -0.3 is 10.8 Å². The van der Waals surface area contributed by atoms with Gasteiger partial charge in [-0.15, -0.1) is 0 Å². The van der Waals surface area contributed by atoms with E-state index >= 15 is 0 Å². The minimum Gasteiger partial charge on any atom is -0.389 e. The summed E-state index contributed by atoms with van der Waals surface area (Å²) in [6.45, 7) is 2.91. The van der Waals surface area contributed by atoms with E-state index in [1.807, 2.05) is 0 Å². The van der Waals surface area contributed by atoms with E-state index in [4.69, 9.17) is 5.73 Å². The number of rotatable bonds is 2. The van der Waals surface area contributed by atoms with E-state index in [2.05, 4.69) is 31.2 Å². The largest absolute Gasteiger partial charge is 0.389 e. The monoisotopic (exact) mass is 259 g/mol. The topological polar surface area (TPSA) is 46.2 Å². The van der Waals surface area contributed by atoms with Crippen molar-refractivity contribution in [1.29, 1.82) is 0 Å². The number of fused-ring (bicyclic) bond motifs is 1. The van der Waals surface area contributed by atoms with Gasteiger partial charge in [0, 0.05) is 24.8 Å². The van der Waals surface area contributed by atoms with Crippen LogP contribution < -0.4 is 5.73 Å². The molecule has 104 valence electrons. The Morgan fingerprint density at radius 2 is 1.89 bits per heavy atom. The van der Waals surface area contributed by atoms with E-state index in [-0.39, 0.29) is 5.41 Å². The first-order valence-corrected chi connectivity index (χ1v) is 7.58. The van der Waals surface area contributed by atoms with Crippen molar-refractivity contribution in [2.75, 3.05) is 6.54 Å². The lowest BCUT2D eigenvalue weighted by Crippen LogP contribution is -2.55. The second-order valence-electron chi connectivity index (χ2n) is 6.84. The van der Waals surface area contributed by atoms with E-state index in [0.717, 1.165) is 25.7 Å². The maximum atomic E-state index is 11.3. The predicted octanol–water partition coefficient (Wildman–Crippen LogP) is 2.67. The van der Waals surface area contributed by atoms with Gasteiger partial charge in [0.25, 0.3) is 0 Å². The Balaban J connectivity index is 1.92. The van der Waals surface area contributed by atoms with Crippen LogP contribution in [0.5, 0.6) is 0 Å². The molecule has 3 N–H and O–H groups in total. The van der Waals surface area contributed by atoms with Gasteiger partial charge in [-0.1, -0.05) is 44.0 Å². The van der Waals surface area contributed by atoms with Crippen molar-refractivity contribution in [1.82, 2.24) is 0 Å². The highest BCUT2D eigenvalue weighted by Crippen LogP contribution is 2.51. The van der Waals surface area contributed by atoms with Crippen LogP contribution in [-0.4, -0.2) is 17.3 Å². The molecule has 0 spiro atoms. The van der Waals surface area contributed by atoms with Gasteiger partial charge in [0.1, 0.15) is 0 Å². The Morgan fingerprint density at radius 1 is 1.26 bits per heavy atom. The molecule has 2 heteroatoms. The summed E-state index contributed by atoms with van der Waals surface area (Å²) in [5, 5.41) is 11.3. The Labute approximate surface area is 116 Å². The zero-order valence-electron chi connectivity index (χ0n) is 11.9. The van der Waals surface area contributed by atoms with Gasteiger partial charge in [0.15, 0.2) is 0 Å². The first kappa shape index (κ1) is 13.1. The van der Waals surface area contributed by atoms with Gasteiger partial charge in [-0.05, 0) is 29.9 Å². The minimum absolute atomic E-state index is 0.0797. The quantitative estimate of drug-likeness (QED) is 0.857. The Morgan fingerprint density at radius 3 is 2.42 bits per heavy atom. The second-order valence-corrected chi connectivity index (χ2v) is 6.84. The molecule has 1 aromatic rings. The fourth-order valence-electron chi connectivity index (χ4n) is 4.43. The van der Waals surface area contributed by atoms with Crippen LogP contribution >= 0.6 is 0 Å². The van der Waals surface area contributed by atoms with Crippen LogP contribution in [0.2, 0.25) is 0 Å². The van der Waals surface area contributed by atoms with Crippen molar-refractivity contribution in [2.45, 2.75) is 51.0 Å². The highest BCUT2D eigenvalue weighted by molar-refractivity contribution is 5.36. The van der Waals surface area contributed by atoms with Gasteiger partial charge in [-0.3, -0.25) is 0 Å². The van der Waals surface area contributed by atoms with Crippen molar-refractivity contribution in [3.63, 3.8) is 0 Å². The first-order valence-electron chi connectivity index (χ1n) is 7.58. The van der Waals surface area contributed by atoms with Crippen LogP contribution in [0.1, 0.15) is 43.7 Å². The molecule has 19 heavy (non-hydrogen) atoms. The highest BCUT2D eigenvalue weighted by atomic mass is 16.3. The minimum atomic E-state index is -0.625. The van der Waals surface area contributed by atoms with Crippen molar-refractivity contribution in [2.24, 2.45) is 17.1 Å². The van der Waals surface area contributed by atoms with E-state index < -0.39 is 5.60 Å². The lowest BCUT2D eigenvalue weighted by molar-refractivity contribution is -0.100. The van der Waals surface area contributed by atoms with Crippen LogP contribution in [0.25, 0.3) is 0 Å². The number of aliphatic hydroxyl groups is 1. The molecule has 2 aliphatic carbocycles. The molecule has 3 rings (SSSR count). The maximum absolute atomic E-state index is 11.3. The second kappa shape index (κ2) is 4.60. The van der Waals surface area contributed by atoms with Gasteiger partial charge in [-0.25, -0.2) is 0 Å². The Kier molecular flexibility index (Phi) is 3.18. The Hall–Kier alpha value is -0.860. The summed E-state index contributed by atoms with van der Waals surface area (Å²) in [5.41, 5.74) is 8.07. The molecule has 2 nitrogen and oxygen atoms in total. The molecule has 0 amide bonds. The third-order valence-corrected chi connectivity index (χ3v) is 5.55. The van der Waals surface area contributed by atoms with Crippen LogP contribution in [-0.2, 0) is 12.8 Å². The first-order chi connectivity index (χ1) is 9.09. The third kappa shape index (κ3) is 2.02. The molecule has 0 bridgehead atoms. The van der Waals surface area contributed by atoms with E-state index in [1.54, 1.807) is 0 Å². The third-order valence-electron chi connectivity index (χ3n) is 5.55. The maximum Gasteiger partial charge on any atom is 0.0796 e. The smallest absolute Gasteiger partial charge is 0.0796 e. The molecule has 0 radical (unpaired) electrons. The zero-order chi connectivity index (χ0) is 13.5. The molecule has 0 saturated heterocycles. The molecule has 2 unspecified atom stereocenters. The average Bonchev–Trinajstić information content (AvgIpc) is 2.76. The number of hydrogen-bond acceptors (Lipinski definition) is 2. The van der Waals surface area contributed by atoms with Gasteiger partial charge >= 0.3 is 0 Å². The molecule has 2 atom stereocenters. The van der Waals surface area contributed by atoms with Crippen molar-refractivity contribution < 1.29 is 5.11 Å². The lowest BCUT2D eigenvalue weighted by atomic mass is 9.60. The molecular weight excluding hydrogens is 234 g/mol. The molecular formula is C17H25NO. The molecule has 2 aliphatic rings. The van der Waals surface area contributed by atoms with E-state index in [1.165, 1.54) is 24.0 Å². The van der Waals surface area contributed by atoms with E-state index in [9.17, 15) is 5.11 Å². The fraction of sp³-hybridized carbons (Fsp3) is 0.647. The molecule has 0 heterocycles. The lowest BCUT2D eigenvalue weighted by Gasteiger charge is -2.49. The Bertz CT molecular complexity index is 445. The average molecular weight is 259 g/mol. The van der Waals surface area contributed by atoms with Crippen LogP contribution in [0.4, 0.5) is 0 Å². The number of benzene rings is 1. The summed E-state index contributed by atoms with van der Waals surface area (Å²) in [6, 6.07) is 8.46. The zero-order valence-corrected chi connectivity index (χ0v) is 11.9. The van der Waals surface area contributed by atoms with Crippen LogP contribution in [0.3, 0.4) is 0 Å². The molecule has 1 aromatic carbocycles.